The molecule has 2 N–H and O–H groups in total. The minimum atomic E-state index is -0.884. The van der Waals surface area contributed by atoms with Crippen LogP contribution in [-0.4, -0.2) is 54.3 Å². The Morgan fingerprint density at radius 2 is 2.19 bits per heavy atom. The number of nitrogens with zero attached hydrogens (tertiary/aromatic N) is 1. The van der Waals surface area contributed by atoms with Crippen LogP contribution in [0.4, 0.5) is 0 Å². The largest absolute Gasteiger partial charge is 0.496 e. The molecule has 1 aromatic carbocycles. The van der Waals surface area contributed by atoms with Crippen LogP contribution in [-0.2, 0) is 16.6 Å². The van der Waals surface area contributed by atoms with Crippen LogP contribution in [0.25, 0.3) is 0 Å². The molecule has 5 nitrogen and oxygen atoms in total. The van der Waals surface area contributed by atoms with Crippen molar-refractivity contribution in [2.75, 3.05) is 26.7 Å². The molecule has 2 saturated heterocycles. The highest BCUT2D eigenvalue weighted by Gasteiger charge is 2.64. The first-order chi connectivity index (χ1) is 13.0. The molecule has 146 valence electrons. The minimum absolute atomic E-state index is 0.0510. The highest BCUT2D eigenvalue weighted by Crippen LogP contribution is 2.57. The highest BCUT2D eigenvalue weighted by molar-refractivity contribution is 9.10. The van der Waals surface area contributed by atoms with Crippen molar-refractivity contribution in [2.45, 2.75) is 55.6 Å². The highest BCUT2D eigenvalue weighted by atomic mass is 79.9. The Bertz CT molecular complexity index is 796. The molecule has 2 aliphatic carbocycles. The number of carbonyl (C=O) groups is 1. The Hall–Kier alpha value is -1.11. The number of nitrogens with one attached hydrogen (secondary N) is 1. The predicted molar refractivity (Wildman–Crippen MR) is 106 cm³/mol. The van der Waals surface area contributed by atoms with Crippen LogP contribution in [0.3, 0.4) is 0 Å². The summed E-state index contributed by atoms with van der Waals surface area (Å²) in [5, 5.41) is 15.2. The molecule has 5 rings (SSSR count). The smallest absolute Gasteiger partial charge is 0.221 e. The summed E-state index contributed by atoms with van der Waals surface area (Å²) in [6.07, 6.45) is 5.24. The normalized spacial score (nSPS) is 35.7. The summed E-state index contributed by atoms with van der Waals surface area (Å²) in [5.74, 6) is 1.61. The summed E-state index contributed by atoms with van der Waals surface area (Å²) >= 11 is 3.63. The van der Waals surface area contributed by atoms with Crippen LogP contribution in [0.5, 0.6) is 5.75 Å². The van der Waals surface area contributed by atoms with Crippen molar-refractivity contribution in [1.29, 1.82) is 0 Å². The number of hydrogen-bond acceptors (Lipinski definition) is 4. The number of ether oxygens (including phenoxy) is 1. The van der Waals surface area contributed by atoms with Gasteiger partial charge in [-0.25, -0.2) is 0 Å². The second-order valence-corrected chi connectivity index (χ2v) is 9.69. The molecule has 0 spiro atoms. The summed E-state index contributed by atoms with van der Waals surface area (Å²) in [6.45, 7) is 2.58. The van der Waals surface area contributed by atoms with Crippen molar-refractivity contribution in [3.63, 3.8) is 0 Å². The molecule has 1 aromatic rings. The summed E-state index contributed by atoms with van der Waals surface area (Å²) in [7, 11) is 1.67. The average Bonchev–Trinajstić information content (AvgIpc) is 3.44. The van der Waals surface area contributed by atoms with Crippen LogP contribution < -0.4 is 10.1 Å². The molecule has 1 saturated carbocycles. The van der Waals surface area contributed by atoms with E-state index in [2.05, 4.69) is 38.3 Å². The van der Waals surface area contributed by atoms with Gasteiger partial charge in [-0.2, -0.15) is 0 Å². The van der Waals surface area contributed by atoms with Gasteiger partial charge in [0, 0.05) is 31.0 Å². The van der Waals surface area contributed by atoms with Gasteiger partial charge >= 0.3 is 0 Å². The number of amides is 1. The Morgan fingerprint density at radius 3 is 2.93 bits per heavy atom. The zero-order valence-electron chi connectivity index (χ0n) is 15.8. The molecule has 0 unspecified atom stereocenters. The Kier molecular flexibility index (Phi) is 4.12. The van der Waals surface area contributed by atoms with Gasteiger partial charge in [0.1, 0.15) is 5.75 Å². The minimum Gasteiger partial charge on any atom is -0.496 e. The van der Waals surface area contributed by atoms with Crippen molar-refractivity contribution in [1.82, 2.24) is 10.2 Å². The van der Waals surface area contributed by atoms with Gasteiger partial charge in [0.25, 0.3) is 0 Å². The van der Waals surface area contributed by atoms with Crippen LogP contribution in [0.15, 0.2) is 16.6 Å². The van der Waals surface area contributed by atoms with E-state index in [4.69, 9.17) is 4.74 Å². The lowest BCUT2D eigenvalue weighted by atomic mass is 9.52. The molecule has 6 heteroatoms. The first kappa shape index (κ1) is 18.0. The van der Waals surface area contributed by atoms with E-state index in [1.165, 1.54) is 18.4 Å². The van der Waals surface area contributed by atoms with Crippen molar-refractivity contribution >= 4 is 21.8 Å². The second-order valence-electron chi connectivity index (χ2n) is 8.84. The van der Waals surface area contributed by atoms with Crippen molar-refractivity contribution in [3.05, 3.63) is 27.7 Å². The van der Waals surface area contributed by atoms with Crippen LogP contribution in [0, 0.1) is 5.92 Å². The van der Waals surface area contributed by atoms with Gasteiger partial charge in [0.15, 0.2) is 0 Å². The van der Waals surface area contributed by atoms with Crippen molar-refractivity contribution in [2.24, 2.45) is 5.92 Å². The molecule has 2 bridgehead atoms. The monoisotopic (exact) mass is 434 g/mol. The molecule has 3 fully saturated rings. The standard InChI is InChI=1S/C21H27BrN2O3/c1-27-17-10-15-14(8-16(17)22)9-18-21(26)4-6-23-19(25)11-20(15,21)5-7-24(18)12-13-2-3-13/h8,10,13,18,26H,2-7,9,11-12H2,1H3,(H,23,25)/t18-,20-,21-/m1/s1. The quantitative estimate of drug-likeness (QED) is 0.766. The molecule has 2 heterocycles. The van der Waals surface area contributed by atoms with E-state index < -0.39 is 11.0 Å². The van der Waals surface area contributed by atoms with Crippen LogP contribution >= 0.6 is 15.9 Å². The number of piperidine rings is 1. The number of hydrogen-bond donors (Lipinski definition) is 2. The molecule has 4 aliphatic rings. The lowest BCUT2D eigenvalue weighted by Gasteiger charge is -2.61. The Labute approximate surface area is 168 Å². The maximum atomic E-state index is 12.6. The molecule has 2 aliphatic heterocycles. The van der Waals surface area contributed by atoms with Gasteiger partial charge in [-0.05, 0) is 83.8 Å². The first-order valence-electron chi connectivity index (χ1n) is 10.1. The fourth-order valence-electron chi connectivity index (χ4n) is 5.89. The van der Waals surface area contributed by atoms with Crippen LogP contribution in [0.2, 0.25) is 0 Å². The van der Waals surface area contributed by atoms with Crippen molar-refractivity contribution < 1.29 is 14.6 Å². The summed E-state index contributed by atoms with van der Waals surface area (Å²) in [5.41, 5.74) is 0.947. The number of fused-ring (bicyclic) bond motifs is 1. The molecule has 0 radical (unpaired) electrons. The number of rotatable bonds is 3. The van der Waals surface area contributed by atoms with Gasteiger partial charge in [-0.1, -0.05) is 0 Å². The molecular formula is C21H27BrN2O3. The van der Waals surface area contributed by atoms with E-state index in [0.29, 0.717) is 19.4 Å². The average molecular weight is 435 g/mol. The molecule has 3 atom stereocenters. The number of methoxy groups -OCH3 is 1. The second kappa shape index (κ2) is 6.19. The molecule has 1 amide bonds. The van der Waals surface area contributed by atoms with E-state index >= 15 is 0 Å². The van der Waals surface area contributed by atoms with Gasteiger partial charge < -0.3 is 15.2 Å². The number of benzene rings is 1. The number of aliphatic hydroxyl groups is 1. The van der Waals surface area contributed by atoms with Gasteiger partial charge in [0.05, 0.1) is 17.2 Å². The van der Waals surface area contributed by atoms with E-state index in [1.807, 2.05) is 0 Å². The zero-order valence-corrected chi connectivity index (χ0v) is 17.3. The zero-order chi connectivity index (χ0) is 18.8. The predicted octanol–water partition coefficient (Wildman–Crippen LogP) is 2.38. The van der Waals surface area contributed by atoms with Crippen LogP contribution in [0.1, 0.15) is 43.2 Å². The molecule has 27 heavy (non-hydrogen) atoms. The maximum absolute atomic E-state index is 12.6. The topological polar surface area (TPSA) is 61.8 Å². The van der Waals surface area contributed by atoms with Gasteiger partial charge in [-0.15, -0.1) is 0 Å². The third kappa shape index (κ3) is 2.60. The number of halogens is 1. The van der Waals surface area contributed by atoms with Gasteiger partial charge in [0.2, 0.25) is 5.91 Å². The SMILES string of the molecule is COc1cc2c(cc1Br)C[C@H]1N(CC3CC3)CC[C@@]23CC(=O)NCC[C@@]13O. The van der Waals surface area contributed by atoms with E-state index in [0.717, 1.165) is 47.6 Å². The van der Waals surface area contributed by atoms with E-state index in [-0.39, 0.29) is 11.9 Å². The summed E-state index contributed by atoms with van der Waals surface area (Å²) in [4.78, 5) is 15.1. The van der Waals surface area contributed by atoms with Crippen molar-refractivity contribution in [3.8, 4) is 5.75 Å². The first-order valence-corrected chi connectivity index (χ1v) is 10.9. The maximum Gasteiger partial charge on any atom is 0.221 e. The summed E-state index contributed by atoms with van der Waals surface area (Å²) in [6, 6.07) is 4.29. The lowest BCUT2D eigenvalue weighted by molar-refractivity contribution is -0.153. The molecule has 0 aromatic heterocycles. The number of likely N-dealkylation sites (tertiary alicyclic amines) is 1. The van der Waals surface area contributed by atoms with E-state index in [9.17, 15) is 9.90 Å². The number of carbonyl (C=O) groups excluding carboxylic acids is 1. The Morgan fingerprint density at radius 1 is 1.37 bits per heavy atom. The third-order valence-corrected chi connectivity index (χ3v) is 8.05. The molecular weight excluding hydrogens is 408 g/mol. The fourth-order valence-corrected chi connectivity index (χ4v) is 6.44. The van der Waals surface area contributed by atoms with Gasteiger partial charge in [-0.3, -0.25) is 9.69 Å². The Balaban J connectivity index is 1.68. The third-order valence-electron chi connectivity index (χ3n) is 7.43. The lowest BCUT2D eigenvalue weighted by Crippen LogP contribution is -2.71. The van der Waals surface area contributed by atoms with E-state index in [1.54, 1.807) is 7.11 Å². The fraction of sp³-hybridized carbons (Fsp3) is 0.667. The summed E-state index contributed by atoms with van der Waals surface area (Å²) < 4.78 is 6.50.